The number of aryl methyl sites for hydroxylation is 1. The molecule has 16 heavy (non-hydrogen) atoms. The third-order valence-corrected chi connectivity index (χ3v) is 2.60. The van der Waals surface area contributed by atoms with E-state index in [1.54, 1.807) is 6.26 Å². The van der Waals surface area contributed by atoms with E-state index in [1.165, 1.54) is 6.42 Å². The van der Waals surface area contributed by atoms with Crippen LogP contribution < -0.4 is 0 Å². The second-order valence-electron chi connectivity index (χ2n) is 3.98. The zero-order valence-electron chi connectivity index (χ0n) is 10.3. The monoisotopic (exact) mass is 224 g/mol. The van der Waals surface area contributed by atoms with Crippen molar-refractivity contribution < 1.29 is 9.26 Å². The first-order valence-corrected chi connectivity index (χ1v) is 6.17. The van der Waals surface area contributed by atoms with Crippen molar-refractivity contribution in [3.8, 4) is 0 Å². The number of hydrogen-bond donors (Lipinski definition) is 0. The molecular formula is C13H22NO2. The Hall–Kier alpha value is -0.830. The molecule has 1 radical (unpaired) electrons. The summed E-state index contributed by atoms with van der Waals surface area (Å²) < 4.78 is 10.5. The molecule has 3 heteroatoms. The predicted molar refractivity (Wildman–Crippen MR) is 64.1 cm³/mol. The van der Waals surface area contributed by atoms with Gasteiger partial charge in [0.1, 0.15) is 6.26 Å². The molecule has 0 amide bonds. The standard InChI is InChI=1S/C13H22NO2/c1-3-7-13(4-2)15-10-6-5-8-12-9-11-16-14-12/h4,9,11,13H,3,5-8,10H2,1-2H3. The Kier molecular flexibility index (Phi) is 6.90. The minimum Gasteiger partial charge on any atom is -0.378 e. The maximum absolute atomic E-state index is 5.75. The lowest BCUT2D eigenvalue weighted by molar-refractivity contribution is 0.0661. The van der Waals surface area contributed by atoms with Gasteiger partial charge < -0.3 is 9.26 Å². The van der Waals surface area contributed by atoms with Gasteiger partial charge in [0.15, 0.2) is 0 Å². The van der Waals surface area contributed by atoms with E-state index in [2.05, 4.69) is 25.4 Å². The van der Waals surface area contributed by atoms with Gasteiger partial charge in [-0.25, -0.2) is 0 Å². The molecule has 1 heterocycles. The first kappa shape index (κ1) is 13.2. The van der Waals surface area contributed by atoms with E-state index in [9.17, 15) is 0 Å². The lowest BCUT2D eigenvalue weighted by atomic mass is 10.1. The van der Waals surface area contributed by atoms with Gasteiger partial charge in [-0.05, 0) is 32.1 Å². The van der Waals surface area contributed by atoms with E-state index in [0.717, 1.165) is 38.0 Å². The van der Waals surface area contributed by atoms with Crippen molar-refractivity contribution in [2.24, 2.45) is 0 Å². The first-order chi connectivity index (χ1) is 7.86. The Balaban J connectivity index is 1.98. The van der Waals surface area contributed by atoms with Gasteiger partial charge >= 0.3 is 0 Å². The summed E-state index contributed by atoms with van der Waals surface area (Å²) in [5.41, 5.74) is 1.03. The van der Waals surface area contributed by atoms with Crippen LogP contribution in [0.3, 0.4) is 0 Å². The molecule has 1 atom stereocenters. The van der Waals surface area contributed by atoms with Gasteiger partial charge in [0.2, 0.25) is 0 Å². The molecule has 0 saturated carbocycles. The van der Waals surface area contributed by atoms with Crippen molar-refractivity contribution >= 4 is 0 Å². The molecule has 0 bridgehead atoms. The van der Waals surface area contributed by atoms with Gasteiger partial charge in [-0.3, -0.25) is 0 Å². The second-order valence-corrected chi connectivity index (χ2v) is 3.98. The minimum atomic E-state index is 0.331. The van der Waals surface area contributed by atoms with Gasteiger partial charge in [0, 0.05) is 12.7 Å². The van der Waals surface area contributed by atoms with Crippen molar-refractivity contribution in [2.45, 2.75) is 52.1 Å². The molecule has 0 N–H and O–H groups in total. The lowest BCUT2D eigenvalue weighted by Gasteiger charge is -2.14. The number of unbranched alkanes of at least 4 members (excludes halogenated alkanes) is 1. The van der Waals surface area contributed by atoms with Crippen LogP contribution >= 0.6 is 0 Å². The van der Waals surface area contributed by atoms with Crippen molar-refractivity contribution in [1.82, 2.24) is 5.16 Å². The smallest absolute Gasteiger partial charge is 0.124 e. The maximum Gasteiger partial charge on any atom is 0.124 e. The number of aromatic nitrogens is 1. The molecule has 1 rings (SSSR count). The maximum atomic E-state index is 5.75. The average molecular weight is 224 g/mol. The lowest BCUT2D eigenvalue weighted by Crippen LogP contribution is -2.12. The summed E-state index contributed by atoms with van der Waals surface area (Å²) in [6, 6.07) is 1.92. The van der Waals surface area contributed by atoms with E-state index in [0.29, 0.717) is 6.10 Å². The molecule has 1 unspecified atom stereocenters. The van der Waals surface area contributed by atoms with Crippen molar-refractivity contribution in [3.05, 3.63) is 24.4 Å². The van der Waals surface area contributed by atoms with Crippen LogP contribution in [0, 0.1) is 6.42 Å². The molecule has 0 aromatic carbocycles. The number of nitrogens with zero attached hydrogens (tertiary/aromatic N) is 1. The van der Waals surface area contributed by atoms with Crippen LogP contribution in [0.4, 0.5) is 0 Å². The number of rotatable bonds is 9. The summed E-state index contributed by atoms with van der Waals surface area (Å²) >= 11 is 0. The summed E-state index contributed by atoms with van der Waals surface area (Å²) in [7, 11) is 0. The van der Waals surface area contributed by atoms with Crippen LogP contribution in [0.5, 0.6) is 0 Å². The third kappa shape index (κ3) is 5.31. The third-order valence-electron chi connectivity index (χ3n) is 2.60. The van der Waals surface area contributed by atoms with Crippen molar-refractivity contribution in [1.29, 1.82) is 0 Å². The Morgan fingerprint density at radius 1 is 1.50 bits per heavy atom. The molecule has 0 fully saturated rings. The fourth-order valence-electron chi connectivity index (χ4n) is 1.64. The SMILES string of the molecule is C[CH]C(CCC)OCCCCc1ccon1. The fraction of sp³-hybridized carbons (Fsp3) is 0.692. The number of ether oxygens (including phenoxy) is 1. The molecule has 0 aliphatic rings. The Bertz CT molecular complexity index is 246. The van der Waals surface area contributed by atoms with Gasteiger partial charge in [0.25, 0.3) is 0 Å². The van der Waals surface area contributed by atoms with Crippen LogP contribution in [-0.2, 0) is 11.2 Å². The highest BCUT2D eigenvalue weighted by atomic mass is 16.5. The zero-order valence-corrected chi connectivity index (χ0v) is 10.3. The van der Waals surface area contributed by atoms with E-state index >= 15 is 0 Å². The van der Waals surface area contributed by atoms with Crippen molar-refractivity contribution in [3.63, 3.8) is 0 Å². The van der Waals surface area contributed by atoms with Crippen LogP contribution in [-0.4, -0.2) is 17.9 Å². The molecule has 0 aliphatic carbocycles. The van der Waals surface area contributed by atoms with Crippen LogP contribution in [0.2, 0.25) is 0 Å². The van der Waals surface area contributed by atoms with E-state index in [1.807, 2.05) is 6.07 Å². The summed E-state index contributed by atoms with van der Waals surface area (Å²) in [6.07, 6.45) is 9.56. The largest absolute Gasteiger partial charge is 0.378 e. The Morgan fingerprint density at radius 2 is 2.38 bits per heavy atom. The van der Waals surface area contributed by atoms with E-state index < -0.39 is 0 Å². The summed E-state index contributed by atoms with van der Waals surface area (Å²) in [5.74, 6) is 0. The fourth-order valence-corrected chi connectivity index (χ4v) is 1.64. The average Bonchev–Trinajstić information content (AvgIpc) is 2.80. The van der Waals surface area contributed by atoms with Gasteiger partial charge in [-0.2, -0.15) is 0 Å². The number of hydrogen-bond acceptors (Lipinski definition) is 3. The predicted octanol–water partition coefficient (Wildman–Crippen LogP) is 3.41. The van der Waals surface area contributed by atoms with Gasteiger partial charge in [-0.15, -0.1) is 0 Å². The molecule has 1 aromatic heterocycles. The van der Waals surface area contributed by atoms with Gasteiger partial charge in [-0.1, -0.05) is 25.4 Å². The first-order valence-electron chi connectivity index (χ1n) is 6.17. The molecule has 1 aromatic rings. The minimum absolute atomic E-state index is 0.331. The van der Waals surface area contributed by atoms with Gasteiger partial charge in [0.05, 0.1) is 11.8 Å². The molecule has 3 nitrogen and oxygen atoms in total. The highest BCUT2D eigenvalue weighted by Gasteiger charge is 2.04. The van der Waals surface area contributed by atoms with Crippen LogP contribution in [0.25, 0.3) is 0 Å². The van der Waals surface area contributed by atoms with E-state index in [4.69, 9.17) is 9.26 Å². The van der Waals surface area contributed by atoms with Crippen LogP contribution in [0.15, 0.2) is 16.9 Å². The quantitative estimate of drug-likeness (QED) is 0.603. The molecule has 0 aliphatic heterocycles. The summed E-state index contributed by atoms with van der Waals surface area (Å²) in [5, 5.41) is 3.87. The zero-order chi connectivity index (χ0) is 11.6. The Morgan fingerprint density at radius 3 is 3.00 bits per heavy atom. The highest BCUT2D eigenvalue weighted by Crippen LogP contribution is 2.07. The van der Waals surface area contributed by atoms with Crippen molar-refractivity contribution in [2.75, 3.05) is 6.61 Å². The van der Waals surface area contributed by atoms with E-state index in [-0.39, 0.29) is 0 Å². The topological polar surface area (TPSA) is 35.3 Å². The van der Waals surface area contributed by atoms with Crippen LogP contribution in [0.1, 0.15) is 45.2 Å². The molecular weight excluding hydrogens is 202 g/mol. The summed E-state index contributed by atoms with van der Waals surface area (Å²) in [4.78, 5) is 0. The summed E-state index contributed by atoms with van der Waals surface area (Å²) in [6.45, 7) is 5.09. The molecule has 0 spiro atoms. The molecule has 0 saturated heterocycles. The molecule has 91 valence electrons. The second kappa shape index (κ2) is 8.34. The normalized spacial score (nSPS) is 12.9. The highest BCUT2D eigenvalue weighted by molar-refractivity contribution is 4.94. The Labute approximate surface area is 98.2 Å².